The Kier molecular flexibility index (Phi) is 6.97. The van der Waals surface area contributed by atoms with E-state index in [1.54, 1.807) is 23.9 Å². The number of hydrogen-bond acceptors (Lipinski definition) is 2. The first-order chi connectivity index (χ1) is 10.7. The van der Waals surface area contributed by atoms with E-state index in [9.17, 15) is 9.18 Å². The number of carbonyl (C=O) groups excluding carboxylic acids is 1. The van der Waals surface area contributed by atoms with Crippen LogP contribution in [0.1, 0.15) is 17.5 Å². The third kappa shape index (κ3) is 6.31. The molecule has 1 amide bonds. The van der Waals surface area contributed by atoms with Crippen LogP contribution < -0.4 is 5.32 Å². The average Bonchev–Trinajstić information content (AvgIpc) is 2.54. The summed E-state index contributed by atoms with van der Waals surface area (Å²) in [6.07, 6.45) is 1.71. The number of rotatable bonds is 8. The lowest BCUT2D eigenvalue weighted by Crippen LogP contribution is -2.26. The third-order valence-electron chi connectivity index (χ3n) is 3.22. The Morgan fingerprint density at radius 3 is 2.45 bits per heavy atom. The molecule has 116 valence electrons. The monoisotopic (exact) mass is 317 g/mol. The standard InChI is InChI=1S/C18H20FNOS/c19-17-10-8-15(9-11-17)7-4-12-20-18(21)14-22-13-16-5-2-1-3-6-16/h1-3,5-6,8-11H,4,7,12-14H2,(H,20,21). The minimum atomic E-state index is -0.215. The highest BCUT2D eigenvalue weighted by Crippen LogP contribution is 2.11. The second kappa shape index (κ2) is 9.26. The summed E-state index contributed by atoms with van der Waals surface area (Å²) in [5.74, 6) is 1.18. The Morgan fingerprint density at radius 1 is 1.00 bits per heavy atom. The minimum absolute atomic E-state index is 0.0695. The summed E-state index contributed by atoms with van der Waals surface area (Å²) >= 11 is 1.62. The largest absolute Gasteiger partial charge is 0.355 e. The van der Waals surface area contributed by atoms with E-state index in [2.05, 4.69) is 17.4 Å². The van der Waals surface area contributed by atoms with Crippen LogP contribution in [0.2, 0.25) is 0 Å². The van der Waals surface area contributed by atoms with Gasteiger partial charge in [0.15, 0.2) is 0 Å². The highest BCUT2D eigenvalue weighted by Gasteiger charge is 2.01. The number of amides is 1. The Labute approximate surface area is 135 Å². The van der Waals surface area contributed by atoms with Crippen molar-refractivity contribution in [3.8, 4) is 0 Å². The van der Waals surface area contributed by atoms with Gasteiger partial charge in [-0.05, 0) is 36.1 Å². The van der Waals surface area contributed by atoms with E-state index in [1.165, 1.54) is 17.7 Å². The molecule has 0 unspecified atom stereocenters. The van der Waals surface area contributed by atoms with E-state index in [4.69, 9.17) is 0 Å². The van der Waals surface area contributed by atoms with Crippen LogP contribution >= 0.6 is 11.8 Å². The molecule has 0 heterocycles. The van der Waals surface area contributed by atoms with Crippen LogP contribution in [0, 0.1) is 5.82 Å². The van der Waals surface area contributed by atoms with Crippen molar-refractivity contribution in [1.29, 1.82) is 0 Å². The number of nitrogens with one attached hydrogen (secondary N) is 1. The first-order valence-electron chi connectivity index (χ1n) is 7.37. The summed E-state index contributed by atoms with van der Waals surface area (Å²) < 4.78 is 12.8. The van der Waals surface area contributed by atoms with Gasteiger partial charge in [0.2, 0.25) is 5.91 Å². The molecule has 0 aromatic heterocycles. The van der Waals surface area contributed by atoms with Crippen molar-refractivity contribution in [2.45, 2.75) is 18.6 Å². The van der Waals surface area contributed by atoms with E-state index in [1.807, 2.05) is 18.2 Å². The summed E-state index contributed by atoms with van der Waals surface area (Å²) in [7, 11) is 0. The molecule has 0 atom stereocenters. The number of benzene rings is 2. The van der Waals surface area contributed by atoms with Crippen LogP contribution in [0.25, 0.3) is 0 Å². The molecule has 0 spiro atoms. The average molecular weight is 317 g/mol. The van der Waals surface area contributed by atoms with Crippen LogP contribution in [-0.2, 0) is 17.0 Å². The molecular weight excluding hydrogens is 297 g/mol. The van der Waals surface area contributed by atoms with Crippen molar-refractivity contribution in [3.05, 3.63) is 71.5 Å². The van der Waals surface area contributed by atoms with Gasteiger partial charge in [-0.3, -0.25) is 4.79 Å². The van der Waals surface area contributed by atoms with E-state index in [0.717, 1.165) is 24.2 Å². The first kappa shape index (κ1) is 16.6. The first-order valence-corrected chi connectivity index (χ1v) is 8.52. The number of halogens is 1. The molecule has 22 heavy (non-hydrogen) atoms. The van der Waals surface area contributed by atoms with Crippen molar-refractivity contribution in [3.63, 3.8) is 0 Å². The molecule has 2 nitrogen and oxygen atoms in total. The molecule has 0 aliphatic rings. The lowest BCUT2D eigenvalue weighted by Gasteiger charge is -2.06. The number of hydrogen-bond donors (Lipinski definition) is 1. The fraction of sp³-hybridized carbons (Fsp3) is 0.278. The van der Waals surface area contributed by atoms with Crippen molar-refractivity contribution >= 4 is 17.7 Å². The van der Waals surface area contributed by atoms with Crippen molar-refractivity contribution in [2.24, 2.45) is 0 Å². The molecule has 0 bridgehead atoms. The van der Waals surface area contributed by atoms with Crippen LogP contribution in [0.15, 0.2) is 54.6 Å². The Balaban J connectivity index is 1.55. The van der Waals surface area contributed by atoms with Gasteiger partial charge in [0.05, 0.1) is 5.75 Å². The lowest BCUT2D eigenvalue weighted by molar-refractivity contribution is -0.118. The van der Waals surface area contributed by atoms with Gasteiger partial charge in [-0.15, -0.1) is 11.8 Å². The maximum Gasteiger partial charge on any atom is 0.230 e. The SMILES string of the molecule is O=C(CSCc1ccccc1)NCCCc1ccc(F)cc1. The molecule has 4 heteroatoms. The Morgan fingerprint density at radius 2 is 1.73 bits per heavy atom. The summed E-state index contributed by atoms with van der Waals surface area (Å²) in [5.41, 5.74) is 2.32. The van der Waals surface area contributed by atoms with Gasteiger partial charge in [-0.2, -0.15) is 0 Å². The van der Waals surface area contributed by atoms with Gasteiger partial charge in [-0.25, -0.2) is 4.39 Å². The van der Waals surface area contributed by atoms with Crippen LogP contribution in [-0.4, -0.2) is 18.2 Å². The smallest absolute Gasteiger partial charge is 0.230 e. The maximum atomic E-state index is 12.8. The fourth-order valence-corrected chi connectivity index (χ4v) is 2.88. The molecule has 2 aromatic carbocycles. The molecule has 0 radical (unpaired) electrons. The highest BCUT2D eigenvalue weighted by atomic mass is 32.2. The van der Waals surface area contributed by atoms with E-state index < -0.39 is 0 Å². The minimum Gasteiger partial charge on any atom is -0.355 e. The zero-order chi connectivity index (χ0) is 15.6. The number of carbonyl (C=O) groups is 1. The molecule has 0 aliphatic carbocycles. The topological polar surface area (TPSA) is 29.1 Å². The van der Waals surface area contributed by atoms with E-state index in [0.29, 0.717) is 12.3 Å². The Hall–Kier alpha value is -1.81. The summed E-state index contributed by atoms with van der Waals surface area (Å²) in [5, 5.41) is 2.92. The highest BCUT2D eigenvalue weighted by molar-refractivity contribution is 7.99. The van der Waals surface area contributed by atoms with Gasteiger partial charge in [0, 0.05) is 12.3 Å². The van der Waals surface area contributed by atoms with Gasteiger partial charge in [0.25, 0.3) is 0 Å². The fourth-order valence-electron chi connectivity index (χ4n) is 2.06. The second-order valence-corrected chi connectivity index (χ2v) is 6.04. The van der Waals surface area contributed by atoms with Crippen LogP contribution in [0.3, 0.4) is 0 Å². The van der Waals surface area contributed by atoms with Crippen LogP contribution in [0.5, 0.6) is 0 Å². The van der Waals surface area contributed by atoms with Gasteiger partial charge in [0.1, 0.15) is 5.82 Å². The van der Waals surface area contributed by atoms with E-state index >= 15 is 0 Å². The zero-order valence-electron chi connectivity index (χ0n) is 12.4. The lowest BCUT2D eigenvalue weighted by atomic mass is 10.1. The van der Waals surface area contributed by atoms with Crippen molar-refractivity contribution in [2.75, 3.05) is 12.3 Å². The van der Waals surface area contributed by atoms with Crippen LogP contribution in [0.4, 0.5) is 4.39 Å². The number of thioether (sulfide) groups is 1. The summed E-state index contributed by atoms with van der Waals surface area (Å²) in [4.78, 5) is 11.7. The molecule has 1 N–H and O–H groups in total. The normalized spacial score (nSPS) is 10.4. The van der Waals surface area contributed by atoms with Crippen molar-refractivity contribution < 1.29 is 9.18 Å². The summed E-state index contributed by atoms with van der Waals surface area (Å²) in [6.45, 7) is 0.655. The predicted molar refractivity (Wildman–Crippen MR) is 90.3 cm³/mol. The van der Waals surface area contributed by atoms with Gasteiger partial charge < -0.3 is 5.32 Å². The molecule has 2 rings (SSSR count). The Bertz CT molecular complexity index is 571. The molecule has 0 saturated carbocycles. The quantitative estimate of drug-likeness (QED) is 0.750. The predicted octanol–water partition coefficient (Wildman–Crippen LogP) is 3.81. The zero-order valence-corrected chi connectivity index (χ0v) is 13.2. The second-order valence-electron chi connectivity index (χ2n) is 5.06. The summed E-state index contributed by atoms with van der Waals surface area (Å²) in [6, 6.07) is 16.6. The van der Waals surface area contributed by atoms with Crippen molar-refractivity contribution in [1.82, 2.24) is 5.32 Å². The molecular formula is C18H20FNOS. The third-order valence-corrected chi connectivity index (χ3v) is 4.23. The van der Waals surface area contributed by atoms with E-state index in [-0.39, 0.29) is 11.7 Å². The molecule has 2 aromatic rings. The maximum absolute atomic E-state index is 12.8. The number of aryl methyl sites for hydroxylation is 1. The van der Waals surface area contributed by atoms with Gasteiger partial charge >= 0.3 is 0 Å². The molecule has 0 fully saturated rings. The molecule has 0 saturated heterocycles. The molecule has 0 aliphatic heterocycles. The van der Waals surface area contributed by atoms with Gasteiger partial charge in [-0.1, -0.05) is 42.5 Å².